The molecule has 2 heteroatoms. The molecular weight excluding hydrogens is 386 g/mol. The SMILES string of the molecule is CCCCCC[C@H]1CC[C@H](CCc2ccc(-c3ccc(CCC)cc3)c(F)c2F)CC1. The van der Waals surface area contributed by atoms with Crippen LogP contribution in [0.25, 0.3) is 11.1 Å². The van der Waals surface area contributed by atoms with Gasteiger partial charge in [0.15, 0.2) is 11.6 Å². The number of hydrogen-bond acceptors (Lipinski definition) is 0. The Hall–Kier alpha value is -1.70. The average Bonchev–Trinajstić information content (AvgIpc) is 2.79. The second-order valence-corrected chi connectivity index (χ2v) is 9.62. The van der Waals surface area contributed by atoms with Crippen LogP contribution < -0.4 is 0 Å². The summed E-state index contributed by atoms with van der Waals surface area (Å²) in [5, 5.41) is 0. The summed E-state index contributed by atoms with van der Waals surface area (Å²) in [6.07, 6.45) is 15.7. The molecule has 0 nitrogen and oxygen atoms in total. The molecule has 0 spiro atoms. The molecule has 2 aromatic rings. The molecule has 0 heterocycles. The Morgan fingerprint density at radius 3 is 2.00 bits per heavy atom. The highest BCUT2D eigenvalue weighted by atomic mass is 19.2. The molecule has 0 aromatic heterocycles. The molecule has 1 saturated carbocycles. The van der Waals surface area contributed by atoms with Gasteiger partial charge in [-0.3, -0.25) is 0 Å². The maximum absolute atomic E-state index is 14.8. The van der Waals surface area contributed by atoms with Crippen molar-refractivity contribution in [3.63, 3.8) is 0 Å². The number of aryl methyl sites for hydroxylation is 2. The van der Waals surface area contributed by atoms with E-state index < -0.39 is 11.6 Å². The first kappa shape index (κ1) is 24.0. The van der Waals surface area contributed by atoms with Gasteiger partial charge in [0.05, 0.1) is 0 Å². The maximum atomic E-state index is 14.8. The summed E-state index contributed by atoms with van der Waals surface area (Å²) in [7, 11) is 0. The molecule has 0 saturated heterocycles. The lowest BCUT2D eigenvalue weighted by molar-refractivity contribution is 0.248. The van der Waals surface area contributed by atoms with Gasteiger partial charge in [0.25, 0.3) is 0 Å². The van der Waals surface area contributed by atoms with Crippen LogP contribution in [0.5, 0.6) is 0 Å². The smallest absolute Gasteiger partial charge is 0.166 e. The lowest BCUT2D eigenvalue weighted by Gasteiger charge is -2.28. The van der Waals surface area contributed by atoms with E-state index >= 15 is 0 Å². The van der Waals surface area contributed by atoms with E-state index in [-0.39, 0.29) is 0 Å². The minimum atomic E-state index is -0.698. The van der Waals surface area contributed by atoms with Crippen molar-refractivity contribution in [3.05, 3.63) is 59.2 Å². The fourth-order valence-corrected chi connectivity index (χ4v) is 5.17. The third kappa shape index (κ3) is 6.89. The van der Waals surface area contributed by atoms with E-state index in [9.17, 15) is 8.78 Å². The summed E-state index contributed by atoms with van der Waals surface area (Å²) in [6.45, 7) is 4.40. The van der Waals surface area contributed by atoms with Crippen molar-refractivity contribution in [1.82, 2.24) is 0 Å². The molecule has 2 aromatic carbocycles. The third-order valence-corrected chi connectivity index (χ3v) is 7.22. The molecule has 3 rings (SSSR count). The highest BCUT2D eigenvalue weighted by Gasteiger charge is 2.22. The van der Waals surface area contributed by atoms with Crippen LogP contribution in [0.4, 0.5) is 8.78 Å². The van der Waals surface area contributed by atoms with E-state index in [1.165, 1.54) is 63.4 Å². The first-order chi connectivity index (χ1) is 15.1. The zero-order valence-electron chi connectivity index (χ0n) is 19.6. The molecular formula is C29H40F2. The van der Waals surface area contributed by atoms with Gasteiger partial charge in [0, 0.05) is 5.56 Å². The quantitative estimate of drug-likeness (QED) is 0.314. The Morgan fingerprint density at radius 1 is 0.677 bits per heavy atom. The molecule has 1 fully saturated rings. The average molecular weight is 427 g/mol. The Balaban J connectivity index is 1.51. The lowest BCUT2D eigenvalue weighted by atomic mass is 9.77. The minimum Gasteiger partial charge on any atom is -0.203 e. The topological polar surface area (TPSA) is 0 Å². The van der Waals surface area contributed by atoms with Gasteiger partial charge in [-0.1, -0.05) is 114 Å². The van der Waals surface area contributed by atoms with E-state index in [4.69, 9.17) is 0 Å². The maximum Gasteiger partial charge on any atom is 0.166 e. The predicted molar refractivity (Wildman–Crippen MR) is 128 cm³/mol. The largest absolute Gasteiger partial charge is 0.203 e. The number of benzene rings is 2. The zero-order valence-corrected chi connectivity index (χ0v) is 19.6. The van der Waals surface area contributed by atoms with Gasteiger partial charge in [0.2, 0.25) is 0 Å². The van der Waals surface area contributed by atoms with Crippen LogP contribution in [0.2, 0.25) is 0 Å². The van der Waals surface area contributed by atoms with Gasteiger partial charge in [-0.15, -0.1) is 0 Å². The van der Waals surface area contributed by atoms with Crippen molar-refractivity contribution in [2.24, 2.45) is 11.8 Å². The molecule has 1 aliphatic carbocycles. The van der Waals surface area contributed by atoms with Crippen molar-refractivity contribution in [2.45, 2.75) is 97.3 Å². The standard InChI is InChI=1S/C29H40F2/c1-3-5-6-7-9-23-10-12-24(13-11-23)16-19-26-20-21-27(29(31)28(26)30)25-17-14-22(8-4-2)15-18-25/h14-15,17-18,20-21,23-24H,3-13,16,19H2,1-2H3/t23-,24-. The molecule has 170 valence electrons. The zero-order chi connectivity index (χ0) is 22.1. The van der Waals surface area contributed by atoms with E-state index in [0.717, 1.165) is 30.7 Å². The number of rotatable bonds is 11. The van der Waals surface area contributed by atoms with E-state index in [0.29, 0.717) is 23.5 Å². The summed E-state index contributed by atoms with van der Waals surface area (Å²) in [6, 6.07) is 11.4. The number of unbranched alkanes of at least 4 members (excludes halogenated alkanes) is 3. The predicted octanol–water partition coefficient (Wildman–Crippen LogP) is 9.29. The van der Waals surface area contributed by atoms with E-state index in [2.05, 4.69) is 13.8 Å². The third-order valence-electron chi connectivity index (χ3n) is 7.22. The lowest BCUT2D eigenvalue weighted by Crippen LogP contribution is -2.15. The second-order valence-electron chi connectivity index (χ2n) is 9.62. The van der Waals surface area contributed by atoms with Crippen molar-refractivity contribution in [2.75, 3.05) is 0 Å². The van der Waals surface area contributed by atoms with Crippen molar-refractivity contribution >= 4 is 0 Å². The van der Waals surface area contributed by atoms with Crippen molar-refractivity contribution in [3.8, 4) is 11.1 Å². The fraction of sp³-hybridized carbons (Fsp3) is 0.586. The molecule has 0 aliphatic heterocycles. The van der Waals surface area contributed by atoms with Gasteiger partial charge in [-0.05, 0) is 47.8 Å². The fourth-order valence-electron chi connectivity index (χ4n) is 5.17. The summed E-state index contributed by atoms with van der Waals surface area (Å²) >= 11 is 0. The van der Waals surface area contributed by atoms with E-state index in [1.54, 1.807) is 12.1 Å². The highest BCUT2D eigenvalue weighted by Crippen LogP contribution is 2.35. The summed E-state index contributed by atoms with van der Waals surface area (Å²) in [5.74, 6) is 0.210. The molecule has 0 atom stereocenters. The summed E-state index contributed by atoms with van der Waals surface area (Å²) in [5.41, 5.74) is 2.89. The summed E-state index contributed by atoms with van der Waals surface area (Å²) in [4.78, 5) is 0. The molecule has 0 bridgehead atoms. The van der Waals surface area contributed by atoms with Crippen molar-refractivity contribution in [1.29, 1.82) is 0 Å². The minimum absolute atomic E-state index is 0.368. The highest BCUT2D eigenvalue weighted by molar-refractivity contribution is 5.65. The molecule has 1 aliphatic rings. The first-order valence-electron chi connectivity index (χ1n) is 12.7. The molecule has 0 amide bonds. The van der Waals surface area contributed by atoms with Crippen LogP contribution in [-0.4, -0.2) is 0 Å². The number of halogens is 2. The van der Waals surface area contributed by atoms with E-state index in [1.807, 2.05) is 24.3 Å². The monoisotopic (exact) mass is 426 g/mol. The van der Waals surface area contributed by atoms with Crippen LogP contribution in [-0.2, 0) is 12.8 Å². The molecule has 0 N–H and O–H groups in total. The van der Waals surface area contributed by atoms with Crippen LogP contribution in [0.15, 0.2) is 36.4 Å². The van der Waals surface area contributed by atoms with Crippen molar-refractivity contribution < 1.29 is 8.78 Å². The van der Waals surface area contributed by atoms with Crippen LogP contribution in [0.1, 0.15) is 95.6 Å². The second kappa shape index (κ2) is 12.4. The molecule has 31 heavy (non-hydrogen) atoms. The van der Waals surface area contributed by atoms with Gasteiger partial charge in [0.1, 0.15) is 0 Å². The first-order valence-corrected chi connectivity index (χ1v) is 12.7. The van der Waals surface area contributed by atoms with Gasteiger partial charge >= 0.3 is 0 Å². The number of hydrogen-bond donors (Lipinski definition) is 0. The Morgan fingerprint density at radius 2 is 1.35 bits per heavy atom. The van der Waals surface area contributed by atoms with Crippen LogP contribution >= 0.6 is 0 Å². The van der Waals surface area contributed by atoms with Gasteiger partial charge in [-0.25, -0.2) is 8.78 Å². The van der Waals surface area contributed by atoms with Crippen LogP contribution in [0, 0.1) is 23.5 Å². The van der Waals surface area contributed by atoms with Gasteiger partial charge in [-0.2, -0.15) is 0 Å². The van der Waals surface area contributed by atoms with Gasteiger partial charge < -0.3 is 0 Å². The molecule has 0 unspecified atom stereocenters. The normalized spacial score (nSPS) is 19.0. The summed E-state index contributed by atoms with van der Waals surface area (Å²) < 4.78 is 29.6. The van der Waals surface area contributed by atoms with Crippen LogP contribution in [0.3, 0.4) is 0 Å². The Kier molecular flexibility index (Phi) is 9.55. The molecule has 0 radical (unpaired) electrons. The Bertz CT molecular complexity index is 785. The Labute approximate surface area is 188 Å².